The van der Waals surface area contributed by atoms with Gasteiger partial charge >= 0.3 is 0 Å². The van der Waals surface area contributed by atoms with Gasteiger partial charge in [0.05, 0.1) is 15.6 Å². The van der Waals surface area contributed by atoms with Crippen molar-refractivity contribution >= 4 is 50.7 Å². The van der Waals surface area contributed by atoms with Crippen molar-refractivity contribution in [3.05, 3.63) is 94.0 Å². The maximum absolute atomic E-state index is 13.9. The molecule has 0 spiro atoms. The predicted octanol–water partition coefficient (Wildman–Crippen LogP) is 5.83. The SMILES string of the molecule is CCCCNC(=O)C(C)N(Cc1ccc(C)cc1)C(=O)CN(c1ccc(Cl)cc1Cl)S(=O)(=O)c1ccccc1. The molecule has 3 aromatic carbocycles. The lowest BCUT2D eigenvalue weighted by Gasteiger charge is -2.32. The lowest BCUT2D eigenvalue weighted by molar-refractivity contribution is -0.139. The molecule has 39 heavy (non-hydrogen) atoms. The molecule has 1 N–H and O–H groups in total. The first kappa shape index (κ1) is 30.5. The Kier molecular flexibility index (Phi) is 10.8. The summed E-state index contributed by atoms with van der Waals surface area (Å²) in [4.78, 5) is 28.3. The molecule has 7 nitrogen and oxygen atoms in total. The maximum atomic E-state index is 13.9. The number of halogens is 2. The molecule has 208 valence electrons. The van der Waals surface area contributed by atoms with Crippen LogP contribution in [0.1, 0.15) is 37.8 Å². The number of anilines is 1. The molecule has 0 fully saturated rings. The summed E-state index contributed by atoms with van der Waals surface area (Å²) in [5.41, 5.74) is 1.97. The van der Waals surface area contributed by atoms with Crippen LogP contribution in [-0.4, -0.2) is 44.3 Å². The summed E-state index contributed by atoms with van der Waals surface area (Å²) >= 11 is 12.5. The molecule has 3 aromatic rings. The Hall–Kier alpha value is -3.07. The molecule has 3 rings (SSSR count). The van der Waals surface area contributed by atoms with Crippen LogP contribution < -0.4 is 9.62 Å². The zero-order valence-electron chi connectivity index (χ0n) is 22.2. The Bertz CT molecular complexity index is 1380. The molecule has 10 heteroatoms. The fourth-order valence-electron chi connectivity index (χ4n) is 3.93. The quantitative estimate of drug-likeness (QED) is 0.269. The highest BCUT2D eigenvalue weighted by molar-refractivity contribution is 7.92. The Balaban J connectivity index is 2.01. The van der Waals surface area contributed by atoms with Crippen molar-refractivity contribution in [3.8, 4) is 0 Å². The monoisotopic (exact) mass is 589 g/mol. The van der Waals surface area contributed by atoms with Crippen LogP contribution in [0.15, 0.2) is 77.7 Å². The van der Waals surface area contributed by atoms with Gasteiger partial charge < -0.3 is 10.2 Å². The number of benzene rings is 3. The average Bonchev–Trinajstić information content (AvgIpc) is 2.91. The van der Waals surface area contributed by atoms with Gasteiger partial charge in [-0.15, -0.1) is 0 Å². The van der Waals surface area contributed by atoms with Crippen molar-refractivity contribution in [3.63, 3.8) is 0 Å². The van der Waals surface area contributed by atoms with Crippen molar-refractivity contribution in [1.29, 1.82) is 0 Å². The molecule has 2 amide bonds. The van der Waals surface area contributed by atoms with E-state index in [0.29, 0.717) is 11.6 Å². The second-order valence-electron chi connectivity index (χ2n) is 9.25. The molecule has 0 radical (unpaired) electrons. The van der Waals surface area contributed by atoms with Crippen molar-refractivity contribution < 1.29 is 18.0 Å². The smallest absolute Gasteiger partial charge is 0.264 e. The van der Waals surface area contributed by atoms with Crippen LogP contribution in [0.4, 0.5) is 5.69 Å². The number of amides is 2. The lowest BCUT2D eigenvalue weighted by Crippen LogP contribution is -2.51. The molecule has 0 aromatic heterocycles. The van der Waals surface area contributed by atoms with Gasteiger partial charge in [0.1, 0.15) is 12.6 Å². The Morgan fingerprint density at radius 2 is 1.64 bits per heavy atom. The van der Waals surface area contributed by atoms with Gasteiger partial charge in [-0.3, -0.25) is 13.9 Å². The zero-order chi connectivity index (χ0) is 28.6. The molecular weight excluding hydrogens is 557 g/mol. The summed E-state index contributed by atoms with van der Waals surface area (Å²) in [6.07, 6.45) is 1.72. The molecule has 0 aliphatic carbocycles. The molecule has 0 aliphatic heterocycles. The first-order valence-electron chi connectivity index (χ1n) is 12.7. The molecule has 0 heterocycles. The van der Waals surface area contributed by atoms with Gasteiger partial charge in [0.2, 0.25) is 11.8 Å². The number of nitrogens with one attached hydrogen (secondary N) is 1. The number of carbonyl (C=O) groups is 2. The number of carbonyl (C=O) groups excluding carboxylic acids is 2. The summed E-state index contributed by atoms with van der Waals surface area (Å²) < 4.78 is 28.5. The van der Waals surface area contributed by atoms with E-state index in [1.807, 2.05) is 38.1 Å². The van der Waals surface area contributed by atoms with Crippen LogP contribution >= 0.6 is 23.2 Å². The molecule has 1 atom stereocenters. The first-order valence-corrected chi connectivity index (χ1v) is 14.9. The van der Waals surface area contributed by atoms with E-state index in [2.05, 4.69) is 5.32 Å². The normalized spacial score (nSPS) is 12.0. The number of aryl methyl sites for hydroxylation is 1. The standard InChI is InChI=1S/C29H33Cl2N3O4S/c1-4-5-17-32-29(36)22(3)33(19-23-13-11-21(2)12-14-23)28(35)20-34(27-16-15-24(30)18-26(27)31)39(37,38)25-9-7-6-8-10-25/h6-16,18,22H,4-5,17,19-20H2,1-3H3,(H,32,36). The lowest BCUT2D eigenvalue weighted by atomic mass is 10.1. The van der Waals surface area contributed by atoms with E-state index in [0.717, 1.165) is 28.3 Å². The Labute approximate surface area is 240 Å². The van der Waals surface area contributed by atoms with E-state index in [1.165, 1.54) is 35.2 Å². The zero-order valence-corrected chi connectivity index (χ0v) is 24.6. The van der Waals surface area contributed by atoms with Crippen LogP contribution in [-0.2, 0) is 26.2 Å². The third kappa shape index (κ3) is 7.97. The Morgan fingerprint density at radius 1 is 0.974 bits per heavy atom. The van der Waals surface area contributed by atoms with Crippen LogP contribution in [0.5, 0.6) is 0 Å². The summed E-state index contributed by atoms with van der Waals surface area (Å²) in [6, 6.07) is 18.9. The highest BCUT2D eigenvalue weighted by Crippen LogP contribution is 2.33. The van der Waals surface area contributed by atoms with E-state index in [1.54, 1.807) is 25.1 Å². The fourth-order valence-corrected chi connectivity index (χ4v) is 5.94. The summed E-state index contributed by atoms with van der Waals surface area (Å²) in [6.45, 7) is 5.65. The fraction of sp³-hybridized carbons (Fsp3) is 0.310. The highest BCUT2D eigenvalue weighted by atomic mass is 35.5. The maximum Gasteiger partial charge on any atom is 0.264 e. The minimum atomic E-state index is -4.20. The summed E-state index contributed by atoms with van der Waals surface area (Å²) in [5.74, 6) is -0.870. The largest absolute Gasteiger partial charge is 0.354 e. The second-order valence-corrected chi connectivity index (χ2v) is 12.0. The number of hydrogen-bond donors (Lipinski definition) is 1. The third-order valence-corrected chi connectivity index (χ3v) is 8.57. The van der Waals surface area contributed by atoms with Crippen molar-refractivity contribution in [2.75, 3.05) is 17.4 Å². The van der Waals surface area contributed by atoms with Crippen LogP contribution in [0.2, 0.25) is 10.0 Å². The van der Waals surface area contributed by atoms with Gasteiger partial charge in [0, 0.05) is 18.1 Å². The number of nitrogens with zero attached hydrogens (tertiary/aromatic N) is 2. The van der Waals surface area contributed by atoms with E-state index in [4.69, 9.17) is 23.2 Å². The van der Waals surface area contributed by atoms with Gasteiger partial charge in [-0.2, -0.15) is 0 Å². The molecule has 0 saturated carbocycles. The number of sulfonamides is 1. The van der Waals surface area contributed by atoms with Gasteiger partial charge in [0.15, 0.2) is 0 Å². The Morgan fingerprint density at radius 3 is 2.26 bits per heavy atom. The third-order valence-electron chi connectivity index (χ3n) is 6.26. The van der Waals surface area contributed by atoms with Crippen LogP contribution in [0, 0.1) is 6.92 Å². The number of rotatable bonds is 12. The molecule has 0 saturated heterocycles. The van der Waals surface area contributed by atoms with E-state index < -0.39 is 28.5 Å². The second kappa shape index (κ2) is 13.8. The van der Waals surface area contributed by atoms with Crippen molar-refractivity contribution in [2.24, 2.45) is 0 Å². The van der Waals surface area contributed by atoms with Crippen LogP contribution in [0.3, 0.4) is 0 Å². The highest BCUT2D eigenvalue weighted by Gasteiger charge is 2.33. The van der Waals surface area contributed by atoms with Gasteiger partial charge in [-0.05, 0) is 56.2 Å². The summed E-state index contributed by atoms with van der Waals surface area (Å²) in [7, 11) is -4.20. The van der Waals surface area contributed by atoms with Gasteiger partial charge in [0.25, 0.3) is 10.0 Å². The van der Waals surface area contributed by atoms with E-state index >= 15 is 0 Å². The average molecular weight is 591 g/mol. The van der Waals surface area contributed by atoms with Crippen molar-refractivity contribution in [2.45, 2.75) is 51.1 Å². The van der Waals surface area contributed by atoms with E-state index in [9.17, 15) is 18.0 Å². The molecular formula is C29H33Cl2N3O4S. The molecule has 1 unspecified atom stereocenters. The number of unbranched alkanes of at least 4 members (excludes halogenated alkanes) is 1. The van der Waals surface area contributed by atoms with Gasteiger partial charge in [-0.25, -0.2) is 8.42 Å². The summed E-state index contributed by atoms with van der Waals surface area (Å²) in [5, 5.41) is 3.27. The number of hydrogen-bond acceptors (Lipinski definition) is 4. The minimum Gasteiger partial charge on any atom is -0.354 e. The van der Waals surface area contributed by atoms with Crippen molar-refractivity contribution in [1.82, 2.24) is 10.2 Å². The van der Waals surface area contributed by atoms with Crippen LogP contribution in [0.25, 0.3) is 0 Å². The topological polar surface area (TPSA) is 86.8 Å². The van der Waals surface area contributed by atoms with Gasteiger partial charge in [-0.1, -0.05) is 84.6 Å². The first-order chi connectivity index (χ1) is 18.5. The molecule has 0 aliphatic rings. The van der Waals surface area contributed by atoms with E-state index in [-0.39, 0.29) is 28.1 Å². The minimum absolute atomic E-state index is 0.000687. The predicted molar refractivity (Wildman–Crippen MR) is 157 cm³/mol. The molecule has 0 bridgehead atoms.